The largest absolute Gasteiger partial charge is 0.482 e. The van der Waals surface area contributed by atoms with E-state index in [2.05, 4.69) is 46.7 Å². The first-order valence-corrected chi connectivity index (χ1v) is 9.00. The fourth-order valence-corrected chi connectivity index (χ4v) is 2.64. The Bertz CT molecular complexity index is 1140. The molecule has 0 spiro atoms. The summed E-state index contributed by atoms with van der Waals surface area (Å²) in [6.07, 6.45) is 0. The van der Waals surface area contributed by atoms with Gasteiger partial charge in [0.25, 0.3) is 5.91 Å². The second-order valence-corrected chi connectivity index (χ2v) is 6.46. The average molecular weight is 475 g/mol. The zero-order valence-electron chi connectivity index (χ0n) is 15.0. The summed E-state index contributed by atoms with van der Waals surface area (Å²) in [6.45, 7) is -0.422. The number of aromatic nitrogens is 2. The number of benzene rings is 2. The SMILES string of the molecule is N#Cc1ccccc1OCC(=O)Nc1nonc1/C(=N/O)Nc1ccc(F)c(Br)c1. The first kappa shape index (κ1) is 20.7. The smallest absolute Gasteiger partial charge is 0.263 e. The van der Waals surface area contributed by atoms with Crippen LogP contribution in [0.3, 0.4) is 0 Å². The van der Waals surface area contributed by atoms with Gasteiger partial charge in [0.2, 0.25) is 11.7 Å². The predicted octanol–water partition coefficient (Wildman–Crippen LogP) is 3.11. The normalized spacial score (nSPS) is 10.9. The van der Waals surface area contributed by atoms with Gasteiger partial charge in [-0.2, -0.15) is 5.26 Å². The summed E-state index contributed by atoms with van der Waals surface area (Å²) >= 11 is 3.05. The molecule has 1 heterocycles. The number of nitrogens with one attached hydrogen (secondary N) is 2. The summed E-state index contributed by atoms with van der Waals surface area (Å²) in [7, 11) is 0. The van der Waals surface area contributed by atoms with Gasteiger partial charge in [-0.25, -0.2) is 9.02 Å². The van der Waals surface area contributed by atoms with Gasteiger partial charge < -0.3 is 20.6 Å². The predicted molar refractivity (Wildman–Crippen MR) is 106 cm³/mol. The number of oxime groups is 1. The third kappa shape index (κ3) is 4.89. The molecule has 12 heteroatoms. The van der Waals surface area contributed by atoms with Gasteiger partial charge in [0.05, 0.1) is 10.0 Å². The molecule has 30 heavy (non-hydrogen) atoms. The van der Waals surface area contributed by atoms with Crippen LogP contribution < -0.4 is 15.4 Å². The van der Waals surface area contributed by atoms with Gasteiger partial charge in [-0.05, 0) is 56.6 Å². The van der Waals surface area contributed by atoms with Crippen LogP contribution >= 0.6 is 15.9 Å². The van der Waals surface area contributed by atoms with Gasteiger partial charge in [-0.1, -0.05) is 17.3 Å². The Morgan fingerprint density at radius 1 is 1.30 bits per heavy atom. The third-order valence-corrected chi connectivity index (χ3v) is 4.23. The number of halogens is 2. The second-order valence-electron chi connectivity index (χ2n) is 5.61. The molecule has 0 saturated heterocycles. The van der Waals surface area contributed by atoms with Crippen LogP contribution in [0.4, 0.5) is 15.9 Å². The quantitative estimate of drug-likeness (QED) is 0.213. The zero-order valence-corrected chi connectivity index (χ0v) is 16.6. The molecule has 10 nitrogen and oxygen atoms in total. The molecule has 1 amide bonds. The molecule has 2 aromatic carbocycles. The number of amidine groups is 1. The van der Waals surface area contributed by atoms with Crippen LogP contribution in [0, 0.1) is 17.1 Å². The van der Waals surface area contributed by atoms with Crippen molar-refractivity contribution in [1.29, 1.82) is 5.26 Å². The lowest BCUT2D eigenvalue weighted by atomic mass is 10.2. The summed E-state index contributed by atoms with van der Waals surface area (Å²) in [5.74, 6) is -1.20. The summed E-state index contributed by atoms with van der Waals surface area (Å²) in [6, 6.07) is 12.4. The molecule has 0 atom stereocenters. The van der Waals surface area contributed by atoms with Crippen LogP contribution in [0.25, 0.3) is 0 Å². The maximum atomic E-state index is 13.4. The Balaban J connectivity index is 1.68. The van der Waals surface area contributed by atoms with Crippen molar-refractivity contribution in [3.05, 3.63) is 64.0 Å². The lowest BCUT2D eigenvalue weighted by Crippen LogP contribution is -2.23. The number of hydrogen-bond acceptors (Lipinski definition) is 8. The maximum Gasteiger partial charge on any atom is 0.263 e. The molecule has 1 aromatic heterocycles. The first-order valence-electron chi connectivity index (χ1n) is 8.20. The van der Waals surface area contributed by atoms with Gasteiger partial charge >= 0.3 is 0 Å². The summed E-state index contributed by atoms with van der Waals surface area (Å²) in [5, 5.41) is 33.7. The van der Waals surface area contributed by atoms with E-state index in [0.717, 1.165) is 0 Å². The van der Waals surface area contributed by atoms with Crippen molar-refractivity contribution >= 4 is 39.2 Å². The van der Waals surface area contributed by atoms with Crippen molar-refractivity contribution < 1.29 is 23.8 Å². The fraction of sp³-hybridized carbons (Fsp3) is 0.0556. The van der Waals surface area contributed by atoms with E-state index >= 15 is 0 Å². The van der Waals surface area contributed by atoms with Crippen molar-refractivity contribution in [3.63, 3.8) is 0 Å². The Morgan fingerprint density at radius 2 is 2.10 bits per heavy atom. The van der Waals surface area contributed by atoms with Crippen molar-refractivity contribution in [2.45, 2.75) is 0 Å². The molecule has 0 bridgehead atoms. The van der Waals surface area contributed by atoms with Crippen LogP contribution in [0.1, 0.15) is 11.3 Å². The van der Waals surface area contributed by atoms with E-state index in [9.17, 15) is 14.4 Å². The molecular formula is C18H12BrFN6O4. The zero-order chi connectivity index (χ0) is 21.5. The van der Waals surface area contributed by atoms with E-state index in [1.807, 2.05) is 6.07 Å². The molecule has 0 aliphatic heterocycles. The summed E-state index contributed by atoms with van der Waals surface area (Å²) < 4.78 is 23.5. The number of hydrogen-bond donors (Lipinski definition) is 3. The lowest BCUT2D eigenvalue weighted by Gasteiger charge is -2.09. The number of rotatable bonds is 6. The van der Waals surface area contributed by atoms with Gasteiger partial charge in [0.15, 0.2) is 12.3 Å². The number of anilines is 2. The highest BCUT2D eigenvalue weighted by atomic mass is 79.9. The number of nitrogens with zero attached hydrogens (tertiary/aromatic N) is 4. The van der Waals surface area contributed by atoms with E-state index < -0.39 is 18.3 Å². The third-order valence-electron chi connectivity index (χ3n) is 3.62. The number of carbonyl (C=O) groups excluding carboxylic acids is 1. The average Bonchev–Trinajstić information content (AvgIpc) is 3.21. The number of para-hydroxylation sites is 1. The minimum atomic E-state index is -0.624. The van der Waals surface area contributed by atoms with Gasteiger partial charge in [0.1, 0.15) is 17.6 Å². The minimum Gasteiger partial charge on any atom is -0.482 e. The highest BCUT2D eigenvalue weighted by molar-refractivity contribution is 9.10. The van der Waals surface area contributed by atoms with Gasteiger partial charge in [-0.3, -0.25) is 4.79 Å². The maximum absolute atomic E-state index is 13.4. The topological polar surface area (TPSA) is 146 Å². The highest BCUT2D eigenvalue weighted by Gasteiger charge is 2.20. The van der Waals surface area contributed by atoms with E-state index in [-0.39, 0.29) is 33.1 Å². The molecular weight excluding hydrogens is 463 g/mol. The summed E-state index contributed by atoms with van der Waals surface area (Å²) in [4.78, 5) is 12.2. The Morgan fingerprint density at radius 3 is 2.83 bits per heavy atom. The van der Waals surface area contributed by atoms with Crippen LogP contribution in [0.2, 0.25) is 0 Å². The van der Waals surface area contributed by atoms with Crippen molar-refractivity contribution in [1.82, 2.24) is 10.3 Å². The Labute approximate surface area is 177 Å². The Hall–Kier alpha value is -3.98. The van der Waals surface area contributed by atoms with E-state index in [0.29, 0.717) is 5.69 Å². The van der Waals surface area contributed by atoms with Crippen LogP contribution in [0.5, 0.6) is 5.75 Å². The molecule has 3 aromatic rings. The summed E-state index contributed by atoms with van der Waals surface area (Å²) in [5.41, 5.74) is 0.537. The van der Waals surface area contributed by atoms with Crippen LogP contribution in [-0.4, -0.2) is 33.9 Å². The van der Waals surface area contributed by atoms with E-state index in [1.165, 1.54) is 18.2 Å². The lowest BCUT2D eigenvalue weighted by molar-refractivity contribution is -0.118. The number of carbonyl (C=O) groups is 1. The first-order chi connectivity index (χ1) is 14.5. The number of ether oxygens (including phenoxy) is 1. The monoisotopic (exact) mass is 474 g/mol. The van der Waals surface area contributed by atoms with Crippen molar-refractivity contribution in [2.75, 3.05) is 17.2 Å². The van der Waals surface area contributed by atoms with Crippen LogP contribution in [0.15, 0.2) is 56.7 Å². The highest BCUT2D eigenvalue weighted by Crippen LogP contribution is 2.21. The van der Waals surface area contributed by atoms with Gasteiger partial charge in [-0.15, -0.1) is 0 Å². The molecule has 3 rings (SSSR count). The molecule has 3 N–H and O–H groups in total. The second kappa shape index (κ2) is 9.48. The minimum absolute atomic E-state index is 0.108. The standard InChI is InChI=1S/C18H12BrFN6O4/c19-12-7-11(5-6-13(12)20)22-17(24-28)16-18(26-30-25-16)23-15(27)9-29-14-4-2-1-3-10(14)8-21/h1-7,28H,9H2,(H,22,24)(H,23,26,27). The molecule has 0 aliphatic carbocycles. The molecule has 0 aliphatic rings. The van der Waals surface area contributed by atoms with Crippen molar-refractivity contribution in [2.24, 2.45) is 5.16 Å². The number of amides is 1. The van der Waals surface area contributed by atoms with E-state index in [4.69, 9.17) is 10.00 Å². The molecule has 0 fully saturated rings. The molecule has 0 saturated carbocycles. The molecule has 152 valence electrons. The molecule has 0 radical (unpaired) electrons. The fourth-order valence-electron chi connectivity index (χ4n) is 2.26. The number of nitriles is 1. The Kier molecular flexibility index (Phi) is 6.56. The van der Waals surface area contributed by atoms with Gasteiger partial charge in [0, 0.05) is 5.69 Å². The van der Waals surface area contributed by atoms with Crippen LogP contribution in [-0.2, 0) is 4.79 Å². The van der Waals surface area contributed by atoms with Crippen molar-refractivity contribution in [3.8, 4) is 11.8 Å². The van der Waals surface area contributed by atoms with E-state index in [1.54, 1.807) is 24.3 Å². The molecule has 0 unspecified atom stereocenters.